The number of rotatable bonds is 3. The summed E-state index contributed by atoms with van der Waals surface area (Å²) in [7, 11) is 3.36. The normalized spacial score (nSPS) is 16.7. The van der Waals surface area contributed by atoms with Gasteiger partial charge >= 0.3 is 0 Å². The summed E-state index contributed by atoms with van der Waals surface area (Å²) in [5.74, 6) is 1.02. The monoisotopic (exact) mass is 264 g/mol. The first-order valence-corrected chi connectivity index (χ1v) is 5.89. The van der Waals surface area contributed by atoms with Crippen LogP contribution in [0.3, 0.4) is 0 Å². The molecule has 0 radical (unpaired) electrons. The molecule has 102 valence electrons. The highest BCUT2D eigenvalue weighted by Gasteiger charge is 2.22. The first kappa shape index (κ1) is 13.2. The molecule has 1 aromatic carbocycles. The number of likely N-dealkylation sites (N-methyl/N-ethyl adjacent to an activating group) is 1. The van der Waals surface area contributed by atoms with Crippen molar-refractivity contribution in [2.45, 2.75) is 13.0 Å². The Hall–Kier alpha value is -2.24. The summed E-state index contributed by atoms with van der Waals surface area (Å²) in [6.07, 6.45) is -0.569. The minimum atomic E-state index is -0.569. The van der Waals surface area contributed by atoms with Gasteiger partial charge in [-0.3, -0.25) is 4.79 Å². The van der Waals surface area contributed by atoms with Crippen LogP contribution in [0.5, 0.6) is 11.5 Å². The summed E-state index contributed by atoms with van der Waals surface area (Å²) in [4.78, 5) is 13.2. The summed E-state index contributed by atoms with van der Waals surface area (Å²) in [6.45, 7) is 1.93. The van der Waals surface area contributed by atoms with E-state index < -0.39 is 6.10 Å². The van der Waals surface area contributed by atoms with Crippen LogP contribution in [0.4, 0.5) is 0 Å². The van der Waals surface area contributed by atoms with Crippen LogP contribution in [0.2, 0.25) is 0 Å². The predicted molar refractivity (Wildman–Crippen MR) is 69.0 cm³/mol. The van der Waals surface area contributed by atoms with E-state index >= 15 is 0 Å². The molecule has 1 unspecified atom stereocenters. The molecular formula is C13H16N2O4. The molecule has 1 atom stereocenters. The van der Waals surface area contributed by atoms with E-state index in [1.54, 1.807) is 39.2 Å². The average molecular weight is 264 g/mol. The lowest BCUT2D eigenvalue weighted by Gasteiger charge is -2.18. The third kappa shape index (κ3) is 2.62. The van der Waals surface area contributed by atoms with E-state index in [2.05, 4.69) is 5.16 Å². The Bertz CT molecular complexity index is 525. The van der Waals surface area contributed by atoms with Gasteiger partial charge in [0, 0.05) is 25.7 Å². The molecule has 2 rings (SSSR count). The van der Waals surface area contributed by atoms with Crippen LogP contribution in [-0.4, -0.2) is 48.5 Å². The number of hydrogen-bond acceptors (Lipinski definition) is 5. The van der Waals surface area contributed by atoms with Gasteiger partial charge in [-0.15, -0.1) is 0 Å². The van der Waals surface area contributed by atoms with Gasteiger partial charge in [0.2, 0.25) is 0 Å². The van der Waals surface area contributed by atoms with E-state index in [0.717, 1.165) is 5.56 Å². The molecule has 0 saturated heterocycles. The maximum Gasteiger partial charge on any atom is 0.262 e. The molecule has 0 saturated carbocycles. The highest BCUT2D eigenvalue weighted by molar-refractivity contribution is 6.06. The van der Waals surface area contributed by atoms with Crippen LogP contribution in [0.15, 0.2) is 23.4 Å². The van der Waals surface area contributed by atoms with Crippen LogP contribution < -0.4 is 9.47 Å². The summed E-state index contributed by atoms with van der Waals surface area (Å²) in [6, 6.07) is 5.16. The number of hydrogen-bond donors (Lipinski definition) is 1. The maximum atomic E-state index is 11.7. The fraction of sp³-hybridized carbons (Fsp3) is 0.385. The lowest BCUT2D eigenvalue weighted by Crippen LogP contribution is -2.35. The van der Waals surface area contributed by atoms with Crippen molar-refractivity contribution in [1.29, 1.82) is 0 Å². The van der Waals surface area contributed by atoms with Gasteiger partial charge in [-0.05, 0) is 19.1 Å². The number of oxime groups is 1. The number of ether oxygens (including phenoxy) is 2. The minimum Gasteiger partial charge on any atom is -0.486 e. The Kier molecular flexibility index (Phi) is 3.59. The van der Waals surface area contributed by atoms with Crippen LogP contribution in [0.1, 0.15) is 12.5 Å². The maximum absolute atomic E-state index is 11.7. The van der Waals surface area contributed by atoms with Crippen molar-refractivity contribution in [3.05, 3.63) is 23.8 Å². The van der Waals surface area contributed by atoms with Gasteiger partial charge in [0.1, 0.15) is 23.8 Å². The highest BCUT2D eigenvalue weighted by atomic mass is 16.5. The molecule has 0 spiro atoms. The summed E-state index contributed by atoms with van der Waals surface area (Å²) in [5.41, 5.74) is 1.22. The van der Waals surface area contributed by atoms with Crippen molar-refractivity contribution in [2.75, 3.05) is 20.7 Å². The SMILES string of the molecule is CC(Oc1ccc2c(c1)OC/C2=N\O)C(=O)N(C)C. The topological polar surface area (TPSA) is 71.4 Å². The third-order valence-electron chi connectivity index (χ3n) is 2.85. The van der Waals surface area contributed by atoms with Crippen LogP contribution in [0.25, 0.3) is 0 Å². The van der Waals surface area contributed by atoms with Gasteiger partial charge in [-0.2, -0.15) is 0 Å². The third-order valence-corrected chi connectivity index (χ3v) is 2.85. The number of amides is 1. The summed E-state index contributed by atoms with van der Waals surface area (Å²) < 4.78 is 10.9. The standard InChI is InChI=1S/C13H16N2O4/c1-8(13(16)15(2)3)19-9-4-5-10-11(14-17)7-18-12(10)6-9/h4-6,8,17H,7H2,1-3H3/b14-11+. The quantitative estimate of drug-likeness (QED) is 0.656. The van der Waals surface area contributed by atoms with E-state index in [0.29, 0.717) is 17.2 Å². The smallest absolute Gasteiger partial charge is 0.262 e. The van der Waals surface area contributed by atoms with Gasteiger partial charge in [0.15, 0.2) is 6.10 Å². The van der Waals surface area contributed by atoms with Crippen LogP contribution in [0, 0.1) is 0 Å². The van der Waals surface area contributed by atoms with Crippen molar-refractivity contribution in [1.82, 2.24) is 4.90 Å². The Balaban J connectivity index is 2.14. The Morgan fingerprint density at radius 3 is 2.89 bits per heavy atom. The first-order chi connectivity index (χ1) is 9.02. The second-order valence-corrected chi connectivity index (χ2v) is 4.49. The molecular weight excluding hydrogens is 248 g/mol. The first-order valence-electron chi connectivity index (χ1n) is 5.89. The molecule has 1 amide bonds. The van der Waals surface area contributed by atoms with Gasteiger partial charge in [-0.1, -0.05) is 5.16 Å². The molecule has 1 aliphatic heterocycles. The molecule has 0 aromatic heterocycles. The fourth-order valence-electron chi connectivity index (χ4n) is 1.86. The molecule has 1 aromatic rings. The zero-order chi connectivity index (χ0) is 14.0. The van der Waals surface area contributed by atoms with E-state index in [1.165, 1.54) is 4.90 Å². The molecule has 0 aliphatic carbocycles. The number of fused-ring (bicyclic) bond motifs is 1. The molecule has 0 bridgehead atoms. The predicted octanol–water partition coefficient (Wildman–Crippen LogP) is 1.11. The van der Waals surface area contributed by atoms with Gasteiger partial charge in [0.05, 0.1) is 0 Å². The number of carbonyl (C=O) groups excluding carboxylic acids is 1. The number of benzene rings is 1. The van der Waals surface area contributed by atoms with E-state index in [9.17, 15) is 4.79 Å². The molecule has 1 heterocycles. The van der Waals surface area contributed by atoms with Crippen LogP contribution in [-0.2, 0) is 4.79 Å². The van der Waals surface area contributed by atoms with Gasteiger partial charge in [-0.25, -0.2) is 0 Å². The average Bonchev–Trinajstić information content (AvgIpc) is 2.79. The zero-order valence-electron chi connectivity index (χ0n) is 11.1. The van der Waals surface area contributed by atoms with Crippen molar-refractivity contribution >= 4 is 11.6 Å². The lowest BCUT2D eigenvalue weighted by atomic mass is 10.1. The van der Waals surface area contributed by atoms with E-state index in [4.69, 9.17) is 14.7 Å². The molecule has 6 heteroatoms. The number of nitrogens with zero attached hydrogens (tertiary/aromatic N) is 2. The molecule has 0 fully saturated rings. The minimum absolute atomic E-state index is 0.112. The van der Waals surface area contributed by atoms with Crippen molar-refractivity contribution < 1.29 is 19.5 Å². The lowest BCUT2D eigenvalue weighted by molar-refractivity contribution is -0.135. The number of carbonyl (C=O) groups is 1. The highest BCUT2D eigenvalue weighted by Crippen LogP contribution is 2.30. The largest absolute Gasteiger partial charge is 0.486 e. The van der Waals surface area contributed by atoms with Crippen LogP contribution >= 0.6 is 0 Å². The summed E-state index contributed by atoms with van der Waals surface area (Å²) in [5, 5.41) is 11.9. The molecule has 19 heavy (non-hydrogen) atoms. The molecule has 6 nitrogen and oxygen atoms in total. The molecule has 1 aliphatic rings. The van der Waals surface area contributed by atoms with Crippen molar-refractivity contribution in [3.8, 4) is 11.5 Å². The Labute approximate surface area is 111 Å². The van der Waals surface area contributed by atoms with E-state index in [-0.39, 0.29) is 12.5 Å². The zero-order valence-corrected chi connectivity index (χ0v) is 11.1. The second kappa shape index (κ2) is 5.17. The van der Waals surface area contributed by atoms with E-state index in [1.807, 2.05) is 0 Å². The van der Waals surface area contributed by atoms with Gasteiger partial charge < -0.3 is 19.6 Å². The summed E-state index contributed by atoms with van der Waals surface area (Å²) >= 11 is 0. The van der Waals surface area contributed by atoms with Gasteiger partial charge in [0.25, 0.3) is 5.91 Å². The Morgan fingerprint density at radius 2 is 2.26 bits per heavy atom. The Morgan fingerprint density at radius 1 is 1.53 bits per heavy atom. The van der Waals surface area contributed by atoms with Crippen molar-refractivity contribution in [3.63, 3.8) is 0 Å². The fourth-order valence-corrected chi connectivity index (χ4v) is 1.86. The molecule has 1 N–H and O–H groups in total. The second-order valence-electron chi connectivity index (χ2n) is 4.49. The van der Waals surface area contributed by atoms with Crippen molar-refractivity contribution in [2.24, 2.45) is 5.16 Å².